The first-order valence-corrected chi connectivity index (χ1v) is 6.60. The third-order valence-corrected chi connectivity index (χ3v) is 3.60. The number of primary amides is 1. The molecule has 9 heteroatoms. The fourth-order valence-corrected chi connectivity index (χ4v) is 2.51. The summed E-state index contributed by atoms with van der Waals surface area (Å²) < 4.78 is 43.8. The average Bonchev–Trinajstić information content (AvgIpc) is 3.01. The van der Waals surface area contributed by atoms with Crippen molar-refractivity contribution >= 4 is 11.8 Å². The summed E-state index contributed by atoms with van der Waals surface area (Å²) in [7, 11) is 1.54. The highest BCUT2D eigenvalue weighted by molar-refractivity contribution is 5.89. The Labute approximate surface area is 124 Å². The lowest BCUT2D eigenvalue weighted by molar-refractivity contribution is -0.183. The predicted octanol–water partition coefficient (Wildman–Crippen LogP) is 0.735. The summed E-state index contributed by atoms with van der Waals surface area (Å²) in [5.74, 6) is -4.11. The van der Waals surface area contributed by atoms with Crippen LogP contribution in [0, 0.1) is 11.8 Å². The second kappa shape index (κ2) is 5.99. The van der Waals surface area contributed by atoms with Gasteiger partial charge in [-0.2, -0.15) is 13.2 Å². The first-order valence-electron chi connectivity index (χ1n) is 6.60. The number of hydrogen-bond donors (Lipinski definition) is 2. The Hall–Kier alpha value is -2.03. The molecular formula is C13H16F3N3O3. The van der Waals surface area contributed by atoms with E-state index in [1.54, 1.807) is 0 Å². The van der Waals surface area contributed by atoms with E-state index in [0.29, 0.717) is 0 Å². The van der Waals surface area contributed by atoms with Crippen LogP contribution in [0.15, 0.2) is 16.5 Å². The molecule has 3 N–H and O–H groups in total. The topological polar surface area (TPSA) is 88.6 Å². The van der Waals surface area contributed by atoms with Crippen LogP contribution in [-0.4, -0.2) is 43.0 Å². The highest BCUT2D eigenvalue weighted by Gasteiger charge is 2.51. The summed E-state index contributed by atoms with van der Waals surface area (Å²) in [6, 6.07) is 2.77. The summed E-state index contributed by atoms with van der Waals surface area (Å²) in [5.41, 5.74) is 5.01. The van der Waals surface area contributed by atoms with Gasteiger partial charge in [-0.25, -0.2) is 0 Å². The van der Waals surface area contributed by atoms with Crippen molar-refractivity contribution in [2.75, 3.05) is 20.1 Å². The number of nitrogens with one attached hydrogen (secondary N) is 1. The molecule has 0 aromatic carbocycles. The number of furan rings is 1. The molecule has 1 aliphatic heterocycles. The van der Waals surface area contributed by atoms with Gasteiger partial charge in [-0.1, -0.05) is 0 Å². The van der Waals surface area contributed by atoms with Crippen molar-refractivity contribution in [3.8, 4) is 0 Å². The summed E-state index contributed by atoms with van der Waals surface area (Å²) in [6.45, 7) is -0.258. The minimum Gasteiger partial charge on any atom is -0.454 e. The van der Waals surface area contributed by atoms with Gasteiger partial charge in [0, 0.05) is 13.1 Å². The molecule has 0 saturated carbocycles. The summed E-state index contributed by atoms with van der Waals surface area (Å²) in [4.78, 5) is 24.3. The third-order valence-electron chi connectivity index (χ3n) is 3.60. The maximum absolute atomic E-state index is 12.9. The normalized spacial score (nSPS) is 22.7. The number of likely N-dealkylation sites (tertiary alicyclic amines) is 1. The van der Waals surface area contributed by atoms with Crippen LogP contribution in [0.4, 0.5) is 13.2 Å². The molecule has 0 bridgehead atoms. The van der Waals surface area contributed by atoms with Crippen LogP contribution in [0.2, 0.25) is 0 Å². The molecule has 0 unspecified atom stereocenters. The van der Waals surface area contributed by atoms with Gasteiger partial charge < -0.3 is 20.4 Å². The SMILES string of the molecule is CN1C[C@@H](C(F)(F)F)[C@H](C(=O)NCc2ccc(C(N)=O)o2)C1. The van der Waals surface area contributed by atoms with Crippen LogP contribution in [-0.2, 0) is 11.3 Å². The number of amides is 2. The van der Waals surface area contributed by atoms with E-state index in [1.807, 2.05) is 0 Å². The van der Waals surface area contributed by atoms with Crippen LogP contribution in [0.1, 0.15) is 16.3 Å². The van der Waals surface area contributed by atoms with Gasteiger partial charge in [-0.05, 0) is 19.2 Å². The van der Waals surface area contributed by atoms with E-state index in [-0.39, 0.29) is 31.2 Å². The van der Waals surface area contributed by atoms with Gasteiger partial charge in [-0.3, -0.25) is 9.59 Å². The van der Waals surface area contributed by atoms with Crippen LogP contribution in [0.5, 0.6) is 0 Å². The van der Waals surface area contributed by atoms with Gasteiger partial charge in [0.05, 0.1) is 18.4 Å². The summed E-state index contributed by atoms with van der Waals surface area (Å²) >= 11 is 0. The maximum Gasteiger partial charge on any atom is 0.393 e. The second-order valence-electron chi connectivity index (χ2n) is 5.32. The summed E-state index contributed by atoms with van der Waals surface area (Å²) in [5, 5.41) is 2.40. The smallest absolute Gasteiger partial charge is 0.393 e. The van der Waals surface area contributed by atoms with Gasteiger partial charge in [0.15, 0.2) is 5.76 Å². The van der Waals surface area contributed by atoms with Gasteiger partial charge >= 0.3 is 6.18 Å². The standard InChI is InChI=1S/C13H16F3N3O3/c1-19-5-8(9(6-19)13(14,15)16)12(21)18-4-7-2-3-10(22-7)11(17)20/h2-3,8-9H,4-6H2,1H3,(H2,17,20)(H,18,21)/t8-,9-/m1/s1. The molecule has 2 heterocycles. The van der Waals surface area contributed by atoms with E-state index >= 15 is 0 Å². The fourth-order valence-electron chi connectivity index (χ4n) is 2.51. The molecule has 22 heavy (non-hydrogen) atoms. The highest BCUT2D eigenvalue weighted by atomic mass is 19.4. The Balaban J connectivity index is 1.97. The van der Waals surface area contributed by atoms with Crippen molar-refractivity contribution in [1.29, 1.82) is 0 Å². The van der Waals surface area contributed by atoms with Crippen molar-refractivity contribution in [3.63, 3.8) is 0 Å². The molecule has 1 saturated heterocycles. The van der Waals surface area contributed by atoms with Crippen molar-refractivity contribution in [2.24, 2.45) is 17.6 Å². The molecule has 1 aliphatic rings. The van der Waals surface area contributed by atoms with E-state index < -0.39 is 29.8 Å². The maximum atomic E-state index is 12.9. The van der Waals surface area contributed by atoms with Gasteiger partial charge in [0.2, 0.25) is 5.91 Å². The lowest BCUT2D eigenvalue weighted by atomic mass is 9.94. The number of alkyl halides is 3. The Bertz CT molecular complexity index is 570. The minimum atomic E-state index is -4.42. The lowest BCUT2D eigenvalue weighted by Gasteiger charge is -2.20. The molecule has 1 aromatic rings. The lowest BCUT2D eigenvalue weighted by Crippen LogP contribution is -2.39. The molecule has 2 atom stereocenters. The molecule has 0 spiro atoms. The largest absolute Gasteiger partial charge is 0.454 e. The third kappa shape index (κ3) is 3.59. The zero-order valence-corrected chi connectivity index (χ0v) is 11.8. The zero-order valence-electron chi connectivity index (χ0n) is 11.8. The zero-order chi connectivity index (χ0) is 16.5. The first kappa shape index (κ1) is 16.3. The Morgan fingerprint density at radius 3 is 2.64 bits per heavy atom. The highest BCUT2D eigenvalue weighted by Crippen LogP contribution is 2.37. The van der Waals surface area contributed by atoms with Crippen LogP contribution < -0.4 is 11.1 Å². The molecule has 2 amide bonds. The van der Waals surface area contributed by atoms with Crippen LogP contribution in [0.25, 0.3) is 0 Å². The van der Waals surface area contributed by atoms with E-state index in [4.69, 9.17) is 10.2 Å². The Morgan fingerprint density at radius 1 is 1.41 bits per heavy atom. The van der Waals surface area contributed by atoms with Crippen molar-refractivity contribution in [1.82, 2.24) is 10.2 Å². The van der Waals surface area contributed by atoms with E-state index in [2.05, 4.69) is 5.32 Å². The Kier molecular flexibility index (Phi) is 4.45. The number of nitrogens with two attached hydrogens (primary N) is 1. The van der Waals surface area contributed by atoms with Gasteiger partial charge in [0.1, 0.15) is 5.76 Å². The van der Waals surface area contributed by atoms with Gasteiger partial charge in [-0.15, -0.1) is 0 Å². The van der Waals surface area contributed by atoms with Crippen LogP contribution >= 0.6 is 0 Å². The molecule has 6 nitrogen and oxygen atoms in total. The molecule has 1 aromatic heterocycles. The predicted molar refractivity (Wildman–Crippen MR) is 69.6 cm³/mol. The van der Waals surface area contributed by atoms with E-state index in [1.165, 1.54) is 24.1 Å². The van der Waals surface area contributed by atoms with Crippen LogP contribution in [0.3, 0.4) is 0 Å². The molecular weight excluding hydrogens is 303 g/mol. The summed E-state index contributed by atoms with van der Waals surface area (Å²) in [6.07, 6.45) is -4.42. The fraction of sp³-hybridized carbons (Fsp3) is 0.538. The van der Waals surface area contributed by atoms with Gasteiger partial charge in [0.25, 0.3) is 5.91 Å². The number of hydrogen-bond acceptors (Lipinski definition) is 4. The molecule has 0 aliphatic carbocycles. The quantitative estimate of drug-likeness (QED) is 0.856. The first-order chi connectivity index (χ1) is 10.2. The number of nitrogens with zero attached hydrogens (tertiary/aromatic N) is 1. The van der Waals surface area contributed by atoms with Crippen molar-refractivity contribution in [2.45, 2.75) is 12.7 Å². The monoisotopic (exact) mass is 319 g/mol. The van der Waals surface area contributed by atoms with Crippen molar-refractivity contribution in [3.05, 3.63) is 23.7 Å². The average molecular weight is 319 g/mol. The molecule has 122 valence electrons. The van der Waals surface area contributed by atoms with E-state index in [9.17, 15) is 22.8 Å². The van der Waals surface area contributed by atoms with Crippen molar-refractivity contribution < 1.29 is 27.2 Å². The van der Waals surface area contributed by atoms with E-state index in [0.717, 1.165) is 0 Å². The molecule has 2 rings (SSSR count). The second-order valence-corrected chi connectivity index (χ2v) is 5.32. The Morgan fingerprint density at radius 2 is 2.09 bits per heavy atom. The number of rotatable bonds is 4. The minimum absolute atomic E-state index is 0.0424. The molecule has 1 fully saturated rings. The number of carbonyl (C=O) groups excluding carboxylic acids is 2. The molecule has 0 radical (unpaired) electrons. The number of carbonyl (C=O) groups is 2. The number of halogens is 3.